The van der Waals surface area contributed by atoms with Crippen LogP contribution in [0.5, 0.6) is 0 Å². The number of allylic oxidation sites excluding steroid dienone is 2. The Hall–Kier alpha value is -1.29. The molecule has 11 heavy (non-hydrogen) atoms. The smallest absolute Gasteiger partial charge is 0.269 e. The van der Waals surface area contributed by atoms with Crippen molar-refractivity contribution < 1.29 is 9.95 Å². The Morgan fingerprint density at radius 1 is 1.36 bits per heavy atom. The maximum absolute atomic E-state index is 11.0. The van der Waals surface area contributed by atoms with Crippen LogP contribution in [-0.2, 0) is 0 Å². The first-order valence-corrected chi connectivity index (χ1v) is 3.42. The summed E-state index contributed by atoms with van der Waals surface area (Å²) in [4.78, 5) is 0. The summed E-state index contributed by atoms with van der Waals surface area (Å²) < 4.78 is 0.741. The molecule has 58 valence electrons. The van der Waals surface area contributed by atoms with E-state index in [9.17, 15) is 5.21 Å². The summed E-state index contributed by atoms with van der Waals surface area (Å²) in [6.07, 6.45) is 8.33. The van der Waals surface area contributed by atoms with Crippen LogP contribution in [0.25, 0.3) is 0 Å². The molecule has 0 aromatic heterocycles. The molecule has 0 saturated heterocycles. The van der Waals surface area contributed by atoms with Crippen molar-refractivity contribution in [3.63, 3.8) is 0 Å². The molecule has 0 aromatic carbocycles. The first-order valence-electron chi connectivity index (χ1n) is 3.42. The zero-order valence-electron chi connectivity index (χ0n) is 5.79. The Morgan fingerprint density at radius 2 is 2.09 bits per heavy atom. The molecule has 1 N–H and O–H groups in total. The first kappa shape index (κ1) is 6.42. The van der Waals surface area contributed by atoms with Gasteiger partial charge in [0.2, 0.25) is 0 Å². The number of rotatable bonds is 0. The third-order valence-electron chi connectivity index (χ3n) is 1.91. The molecule has 2 unspecified atom stereocenters. The molecule has 0 amide bonds. The van der Waals surface area contributed by atoms with Crippen molar-refractivity contribution in [1.82, 2.24) is 5.06 Å². The maximum atomic E-state index is 11.0. The van der Waals surface area contributed by atoms with Gasteiger partial charge in [0.15, 0.2) is 12.1 Å². The fourth-order valence-electron chi connectivity index (χ4n) is 1.33. The fourth-order valence-corrected chi connectivity index (χ4v) is 1.33. The quantitative estimate of drug-likeness (QED) is 0.395. The van der Waals surface area contributed by atoms with Gasteiger partial charge in [0.25, 0.3) is 6.34 Å². The van der Waals surface area contributed by atoms with E-state index in [1.165, 1.54) is 0 Å². The highest BCUT2D eigenvalue weighted by Crippen LogP contribution is 2.16. The Labute approximate surface area is 63.9 Å². The average molecular weight is 152 g/mol. The van der Waals surface area contributed by atoms with Crippen molar-refractivity contribution >= 4 is 6.34 Å². The van der Waals surface area contributed by atoms with Crippen LogP contribution in [0.15, 0.2) is 24.3 Å². The molecule has 0 bridgehead atoms. The van der Waals surface area contributed by atoms with Gasteiger partial charge in [-0.05, 0) is 12.2 Å². The summed E-state index contributed by atoms with van der Waals surface area (Å²) in [5.41, 5.74) is 0. The van der Waals surface area contributed by atoms with Gasteiger partial charge in [-0.1, -0.05) is 12.2 Å². The van der Waals surface area contributed by atoms with Crippen LogP contribution in [0, 0.1) is 5.21 Å². The van der Waals surface area contributed by atoms with Gasteiger partial charge in [0.1, 0.15) is 0 Å². The molecule has 2 atom stereocenters. The first-order chi connectivity index (χ1) is 5.29. The predicted molar refractivity (Wildman–Crippen MR) is 39.2 cm³/mol. The molecule has 0 aromatic rings. The molecular formula is C7H8N2O2. The second-order valence-electron chi connectivity index (χ2n) is 2.61. The minimum atomic E-state index is -0.259. The number of hydrogen-bond donors (Lipinski definition) is 1. The predicted octanol–water partition coefficient (Wildman–Crippen LogP) is 0.0930. The zero-order valence-corrected chi connectivity index (χ0v) is 5.79. The Kier molecular flexibility index (Phi) is 1.22. The van der Waals surface area contributed by atoms with Crippen LogP contribution in [0.1, 0.15) is 0 Å². The molecular weight excluding hydrogens is 144 g/mol. The van der Waals surface area contributed by atoms with Crippen LogP contribution in [0.3, 0.4) is 0 Å². The molecule has 0 spiro atoms. The van der Waals surface area contributed by atoms with Crippen molar-refractivity contribution in [1.29, 1.82) is 0 Å². The normalized spacial score (nSPS) is 33.9. The number of nitrogens with zero attached hydrogens (tertiary/aromatic N) is 2. The van der Waals surface area contributed by atoms with E-state index in [0.717, 1.165) is 16.1 Å². The van der Waals surface area contributed by atoms with Crippen LogP contribution in [0.2, 0.25) is 0 Å². The van der Waals surface area contributed by atoms with Gasteiger partial charge in [-0.2, -0.15) is 0 Å². The monoisotopic (exact) mass is 152 g/mol. The largest absolute Gasteiger partial charge is 0.715 e. The van der Waals surface area contributed by atoms with E-state index in [0.29, 0.717) is 0 Å². The summed E-state index contributed by atoms with van der Waals surface area (Å²) in [7, 11) is 0. The van der Waals surface area contributed by atoms with Gasteiger partial charge in [0.05, 0.1) is 0 Å². The topological polar surface area (TPSA) is 49.5 Å². The van der Waals surface area contributed by atoms with Gasteiger partial charge >= 0.3 is 0 Å². The molecule has 4 nitrogen and oxygen atoms in total. The van der Waals surface area contributed by atoms with Crippen molar-refractivity contribution in [2.24, 2.45) is 0 Å². The highest BCUT2D eigenvalue weighted by atomic mass is 16.5. The van der Waals surface area contributed by atoms with Crippen molar-refractivity contribution in [2.75, 3.05) is 0 Å². The van der Waals surface area contributed by atoms with Crippen LogP contribution in [-0.4, -0.2) is 33.4 Å². The summed E-state index contributed by atoms with van der Waals surface area (Å²) in [6.45, 7) is 0. The Morgan fingerprint density at radius 3 is 2.82 bits per heavy atom. The number of fused-ring (bicyclic) bond motifs is 1. The van der Waals surface area contributed by atoms with Gasteiger partial charge < -0.3 is 5.21 Å². The lowest BCUT2D eigenvalue weighted by Crippen LogP contribution is -2.34. The van der Waals surface area contributed by atoms with E-state index in [-0.39, 0.29) is 12.1 Å². The number of hydrogen-bond acceptors (Lipinski definition) is 3. The molecule has 2 rings (SSSR count). The summed E-state index contributed by atoms with van der Waals surface area (Å²) in [6, 6.07) is -0.470. The molecule has 2 aliphatic rings. The van der Waals surface area contributed by atoms with Crippen LogP contribution in [0.4, 0.5) is 0 Å². The van der Waals surface area contributed by atoms with Crippen molar-refractivity contribution in [2.45, 2.75) is 12.1 Å². The highest BCUT2D eigenvalue weighted by Gasteiger charge is 2.36. The molecule has 1 heterocycles. The second-order valence-corrected chi connectivity index (χ2v) is 2.61. The van der Waals surface area contributed by atoms with Crippen molar-refractivity contribution in [3.05, 3.63) is 29.5 Å². The van der Waals surface area contributed by atoms with E-state index in [1.54, 1.807) is 18.2 Å². The third kappa shape index (κ3) is 0.832. The molecule has 4 heteroatoms. The molecule has 1 aliphatic carbocycles. The summed E-state index contributed by atoms with van der Waals surface area (Å²) in [5, 5.41) is 21.1. The van der Waals surface area contributed by atoms with E-state index in [4.69, 9.17) is 5.21 Å². The lowest BCUT2D eigenvalue weighted by atomic mass is 10.1. The summed E-state index contributed by atoms with van der Waals surface area (Å²) in [5.74, 6) is 0. The van der Waals surface area contributed by atoms with E-state index >= 15 is 0 Å². The fraction of sp³-hybridized carbons (Fsp3) is 0.286. The van der Waals surface area contributed by atoms with Gasteiger partial charge in [0, 0.05) is 0 Å². The summed E-state index contributed by atoms with van der Waals surface area (Å²) >= 11 is 0. The Bertz CT molecular complexity index is 257. The van der Waals surface area contributed by atoms with E-state index in [2.05, 4.69) is 0 Å². The SMILES string of the molecule is [O-][N+]1=CN(O)C2C=CC=CC21. The molecule has 0 radical (unpaired) electrons. The highest BCUT2D eigenvalue weighted by molar-refractivity contribution is 5.52. The third-order valence-corrected chi connectivity index (χ3v) is 1.91. The Balaban J connectivity index is 2.31. The van der Waals surface area contributed by atoms with E-state index < -0.39 is 0 Å². The van der Waals surface area contributed by atoms with Crippen LogP contribution >= 0.6 is 0 Å². The zero-order chi connectivity index (χ0) is 7.84. The number of hydroxylamine groups is 3. The minimum absolute atomic E-state index is 0.211. The van der Waals surface area contributed by atoms with Gasteiger partial charge in [-0.25, -0.2) is 5.21 Å². The average Bonchev–Trinajstić information content (AvgIpc) is 2.30. The lowest BCUT2D eigenvalue weighted by Gasteiger charge is -2.16. The standard InChI is InChI=1S/C7H8N2O2/c10-8-5-9(11)7-4-2-1-3-6(7)8/h1-7,10H. The molecule has 0 fully saturated rings. The minimum Gasteiger partial charge on any atom is -0.715 e. The lowest BCUT2D eigenvalue weighted by molar-refractivity contribution is -0.474. The second kappa shape index (κ2) is 2.10. The molecule has 1 aliphatic heterocycles. The van der Waals surface area contributed by atoms with Crippen molar-refractivity contribution in [3.8, 4) is 0 Å². The van der Waals surface area contributed by atoms with Gasteiger partial charge in [-0.3, -0.25) is 4.74 Å². The van der Waals surface area contributed by atoms with E-state index in [1.807, 2.05) is 6.08 Å². The molecule has 0 saturated carbocycles. The van der Waals surface area contributed by atoms with Gasteiger partial charge in [-0.15, -0.1) is 5.06 Å². The maximum Gasteiger partial charge on any atom is 0.269 e. The van der Waals surface area contributed by atoms with Crippen LogP contribution < -0.4 is 0 Å².